The van der Waals surface area contributed by atoms with Crippen molar-refractivity contribution in [2.45, 2.75) is 25.9 Å². The van der Waals surface area contributed by atoms with Gasteiger partial charge >= 0.3 is 0 Å². The molecule has 0 saturated carbocycles. The molecule has 0 bridgehead atoms. The minimum atomic E-state index is 0.375. The normalized spacial score (nSPS) is 12.4. The molecule has 2 N–H and O–H groups in total. The molecule has 21 heavy (non-hydrogen) atoms. The molecule has 0 radical (unpaired) electrons. The lowest BCUT2D eigenvalue weighted by molar-refractivity contribution is 0.305. The summed E-state index contributed by atoms with van der Waals surface area (Å²) in [6, 6.07) is 14.5. The Morgan fingerprint density at radius 1 is 1.05 bits per heavy atom. The largest absolute Gasteiger partial charge is 0.489 e. The van der Waals surface area contributed by atoms with E-state index in [-0.39, 0.29) is 0 Å². The van der Waals surface area contributed by atoms with Crippen molar-refractivity contribution < 1.29 is 4.74 Å². The van der Waals surface area contributed by atoms with Gasteiger partial charge in [-0.25, -0.2) is 0 Å². The van der Waals surface area contributed by atoms with Crippen LogP contribution in [0.1, 0.15) is 28.7 Å². The quantitative estimate of drug-likeness (QED) is 0.875. The number of hydrogen-bond acceptors (Lipinski definition) is 2. The van der Waals surface area contributed by atoms with Crippen LogP contribution in [-0.2, 0) is 19.4 Å². The van der Waals surface area contributed by atoms with Crippen molar-refractivity contribution in [2.75, 3.05) is 6.54 Å². The lowest BCUT2D eigenvalue weighted by Crippen LogP contribution is -1.99. The molecular formula is C19H19NO. The number of aryl methyl sites for hydroxylation is 2. The van der Waals surface area contributed by atoms with E-state index in [4.69, 9.17) is 10.5 Å². The van der Waals surface area contributed by atoms with E-state index in [2.05, 4.69) is 30.0 Å². The average Bonchev–Trinajstić information content (AvgIpc) is 2.99. The molecule has 2 nitrogen and oxygen atoms in total. The zero-order valence-electron chi connectivity index (χ0n) is 12.1. The SMILES string of the molecule is NCC#Cc1ccccc1COc1ccc2c(c1)CCC2. The maximum absolute atomic E-state index is 5.94. The molecule has 0 heterocycles. The Labute approximate surface area is 125 Å². The van der Waals surface area contributed by atoms with Gasteiger partial charge in [0.25, 0.3) is 0 Å². The lowest BCUT2D eigenvalue weighted by atomic mass is 10.1. The smallest absolute Gasteiger partial charge is 0.120 e. The van der Waals surface area contributed by atoms with Gasteiger partial charge in [0.15, 0.2) is 0 Å². The van der Waals surface area contributed by atoms with Gasteiger partial charge in [0.05, 0.1) is 6.54 Å². The number of nitrogens with two attached hydrogens (primary N) is 1. The molecule has 3 rings (SSSR count). The number of ether oxygens (including phenoxy) is 1. The third kappa shape index (κ3) is 3.26. The Morgan fingerprint density at radius 2 is 1.90 bits per heavy atom. The van der Waals surface area contributed by atoms with Crippen molar-refractivity contribution in [3.05, 3.63) is 64.7 Å². The van der Waals surface area contributed by atoms with Crippen LogP contribution in [-0.4, -0.2) is 6.54 Å². The molecule has 0 atom stereocenters. The maximum atomic E-state index is 5.94. The van der Waals surface area contributed by atoms with Crippen molar-refractivity contribution in [3.8, 4) is 17.6 Å². The molecule has 0 amide bonds. The number of rotatable bonds is 3. The van der Waals surface area contributed by atoms with Crippen LogP contribution in [0.25, 0.3) is 0 Å². The fourth-order valence-electron chi connectivity index (χ4n) is 2.71. The van der Waals surface area contributed by atoms with Gasteiger partial charge in [0.1, 0.15) is 12.4 Å². The van der Waals surface area contributed by atoms with E-state index >= 15 is 0 Å². The van der Waals surface area contributed by atoms with E-state index in [9.17, 15) is 0 Å². The fraction of sp³-hybridized carbons (Fsp3) is 0.263. The van der Waals surface area contributed by atoms with E-state index in [0.717, 1.165) is 16.9 Å². The zero-order chi connectivity index (χ0) is 14.5. The summed E-state index contributed by atoms with van der Waals surface area (Å²) in [6.45, 7) is 0.911. The van der Waals surface area contributed by atoms with E-state index in [1.165, 1.54) is 30.4 Å². The van der Waals surface area contributed by atoms with Gasteiger partial charge in [0, 0.05) is 11.1 Å². The second kappa shape index (κ2) is 6.47. The highest BCUT2D eigenvalue weighted by Gasteiger charge is 2.11. The van der Waals surface area contributed by atoms with Crippen LogP contribution < -0.4 is 10.5 Å². The van der Waals surface area contributed by atoms with Crippen LogP contribution >= 0.6 is 0 Å². The third-order valence-corrected chi connectivity index (χ3v) is 3.81. The lowest BCUT2D eigenvalue weighted by Gasteiger charge is -2.09. The Kier molecular flexibility index (Phi) is 4.23. The highest BCUT2D eigenvalue weighted by atomic mass is 16.5. The van der Waals surface area contributed by atoms with Crippen LogP contribution in [0.15, 0.2) is 42.5 Å². The van der Waals surface area contributed by atoms with Crippen LogP contribution in [0.5, 0.6) is 5.75 Å². The molecule has 0 spiro atoms. The van der Waals surface area contributed by atoms with E-state index in [1.54, 1.807) is 0 Å². The minimum Gasteiger partial charge on any atom is -0.489 e. The molecule has 1 aliphatic carbocycles. The van der Waals surface area contributed by atoms with Crippen molar-refractivity contribution in [3.63, 3.8) is 0 Å². The van der Waals surface area contributed by atoms with Gasteiger partial charge in [-0.3, -0.25) is 0 Å². The maximum Gasteiger partial charge on any atom is 0.120 e. The first-order valence-corrected chi connectivity index (χ1v) is 7.38. The molecule has 2 aromatic rings. The average molecular weight is 277 g/mol. The highest BCUT2D eigenvalue weighted by Crippen LogP contribution is 2.26. The first-order chi connectivity index (χ1) is 10.4. The first kappa shape index (κ1) is 13.7. The molecule has 0 aromatic heterocycles. The van der Waals surface area contributed by atoms with E-state index in [0.29, 0.717) is 13.2 Å². The summed E-state index contributed by atoms with van der Waals surface area (Å²) < 4.78 is 5.94. The molecule has 0 aliphatic heterocycles. The monoisotopic (exact) mass is 277 g/mol. The van der Waals surface area contributed by atoms with Crippen molar-refractivity contribution >= 4 is 0 Å². The van der Waals surface area contributed by atoms with E-state index in [1.807, 2.05) is 24.3 Å². The molecule has 1 aliphatic rings. The third-order valence-electron chi connectivity index (χ3n) is 3.81. The van der Waals surface area contributed by atoms with Gasteiger partial charge < -0.3 is 10.5 Å². The van der Waals surface area contributed by atoms with Gasteiger partial charge in [0.2, 0.25) is 0 Å². The molecule has 0 saturated heterocycles. The first-order valence-electron chi connectivity index (χ1n) is 7.38. The highest BCUT2D eigenvalue weighted by molar-refractivity contribution is 5.42. The van der Waals surface area contributed by atoms with Crippen molar-refractivity contribution in [1.82, 2.24) is 0 Å². The van der Waals surface area contributed by atoms with Gasteiger partial charge in [-0.2, -0.15) is 0 Å². The van der Waals surface area contributed by atoms with E-state index < -0.39 is 0 Å². The molecule has 0 fully saturated rings. The second-order valence-corrected chi connectivity index (χ2v) is 5.24. The summed E-state index contributed by atoms with van der Waals surface area (Å²) >= 11 is 0. The Bertz CT molecular complexity index is 694. The topological polar surface area (TPSA) is 35.2 Å². The van der Waals surface area contributed by atoms with Crippen LogP contribution in [0.4, 0.5) is 0 Å². The molecule has 2 heteroatoms. The summed E-state index contributed by atoms with van der Waals surface area (Å²) in [6.07, 6.45) is 3.63. The number of hydrogen-bond donors (Lipinski definition) is 1. The van der Waals surface area contributed by atoms with Gasteiger partial charge in [-0.05, 0) is 48.6 Å². The van der Waals surface area contributed by atoms with Crippen molar-refractivity contribution in [2.24, 2.45) is 5.73 Å². The van der Waals surface area contributed by atoms with Crippen LogP contribution in [0, 0.1) is 11.8 Å². The van der Waals surface area contributed by atoms with Crippen molar-refractivity contribution in [1.29, 1.82) is 0 Å². The summed E-state index contributed by atoms with van der Waals surface area (Å²) in [7, 11) is 0. The minimum absolute atomic E-state index is 0.375. The summed E-state index contributed by atoms with van der Waals surface area (Å²) in [5.41, 5.74) is 10.4. The number of benzene rings is 2. The van der Waals surface area contributed by atoms with Gasteiger partial charge in [-0.15, -0.1) is 0 Å². The molecule has 106 valence electrons. The molecular weight excluding hydrogens is 258 g/mol. The standard InChI is InChI=1S/C19H19NO/c20-12-4-9-15-5-1-2-6-18(15)14-21-19-11-10-16-7-3-8-17(16)13-19/h1-2,5-6,10-11,13H,3,7-8,12,14,20H2. The Balaban J connectivity index is 1.73. The number of fused-ring (bicyclic) bond motifs is 1. The predicted octanol–water partition coefficient (Wildman–Crippen LogP) is 3.06. The molecule has 2 aromatic carbocycles. The Hall–Kier alpha value is -2.24. The van der Waals surface area contributed by atoms with Gasteiger partial charge in [-0.1, -0.05) is 36.1 Å². The summed E-state index contributed by atoms with van der Waals surface area (Å²) in [5, 5.41) is 0. The zero-order valence-corrected chi connectivity index (χ0v) is 12.1. The van der Waals surface area contributed by atoms with Crippen LogP contribution in [0.3, 0.4) is 0 Å². The summed E-state index contributed by atoms with van der Waals surface area (Å²) in [5.74, 6) is 6.94. The summed E-state index contributed by atoms with van der Waals surface area (Å²) in [4.78, 5) is 0. The molecule has 0 unspecified atom stereocenters. The fourth-order valence-corrected chi connectivity index (χ4v) is 2.71. The van der Waals surface area contributed by atoms with Crippen LogP contribution in [0.2, 0.25) is 0 Å². The second-order valence-electron chi connectivity index (χ2n) is 5.24. The Morgan fingerprint density at radius 3 is 2.81 bits per heavy atom. The predicted molar refractivity (Wildman–Crippen MR) is 85.2 cm³/mol.